The predicted octanol–water partition coefficient (Wildman–Crippen LogP) is 3.26. The lowest BCUT2D eigenvalue weighted by Crippen LogP contribution is -2.47. The number of hydrogen-bond donors (Lipinski definition) is 2. The number of aliphatic hydroxyl groups is 1. The average molecular weight is 339 g/mol. The van der Waals surface area contributed by atoms with Crippen LogP contribution in [0.25, 0.3) is 0 Å². The van der Waals surface area contributed by atoms with E-state index in [4.69, 9.17) is 11.6 Å². The van der Waals surface area contributed by atoms with E-state index < -0.39 is 17.7 Å². The van der Waals surface area contributed by atoms with Crippen LogP contribution in [0, 0.1) is 0 Å². The molecule has 126 valence electrons. The maximum absolute atomic E-state index is 12.7. The predicted molar refractivity (Wildman–Crippen MR) is 89.2 cm³/mol. The fourth-order valence-corrected chi connectivity index (χ4v) is 3.25. The SMILES string of the molecule is CCCC1(CCC)NC(=O)N(C[C@@H](O)c2ccc(Cl)cc2)C1=O. The van der Waals surface area contributed by atoms with Gasteiger partial charge in [0.2, 0.25) is 0 Å². The fraction of sp³-hybridized carbons (Fsp3) is 0.529. The number of imide groups is 1. The van der Waals surface area contributed by atoms with Crippen LogP contribution in [0.2, 0.25) is 5.02 Å². The number of aliphatic hydroxyl groups excluding tert-OH is 1. The molecular weight excluding hydrogens is 316 g/mol. The standard InChI is InChI=1S/C17H23ClN2O3/c1-3-9-17(10-4-2)15(22)20(16(23)19-17)11-14(21)12-5-7-13(18)8-6-12/h5-8,14,21H,3-4,9-11H2,1-2H3,(H,19,23)/t14-/m1/s1. The number of rotatable bonds is 7. The second-order valence-corrected chi connectivity index (χ2v) is 6.43. The van der Waals surface area contributed by atoms with Crippen molar-refractivity contribution < 1.29 is 14.7 Å². The molecule has 1 atom stereocenters. The van der Waals surface area contributed by atoms with Crippen LogP contribution in [0.5, 0.6) is 0 Å². The minimum atomic E-state index is -0.930. The molecule has 1 aliphatic rings. The summed E-state index contributed by atoms with van der Waals surface area (Å²) in [6.45, 7) is 3.92. The van der Waals surface area contributed by atoms with E-state index in [0.29, 0.717) is 23.4 Å². The zero-order valence-corrected chi connectivity index (χ0v) is 14.3. The number of carbonyl (C=O) groups excluding carboxylic acids is 2. The summed E-state index contributed by atoms with van der Waals surface area (Å²) in [5.41, 5.74) is -0.196. The third kappa shape index (κ3) is 3.67. The highest BCUT2D eigenvalue weighted by molar-refractivity contribution is 6.30. The molecular formula is C17H23ClN2O3. The Bertz CT molecular complexity index is 568. The van der Waals surface area contributed by atoms with E-state index in [9.17, 15) is 14.7 Å². The molecule has 0 aliphatic carbocycles. The summed E-state index contributed by atoms with van der Waals surface area (Å²) in [6.07, 6.45) is 1.90. The monoisotopic (exact) mass is 338 g/mol. The number of halogens is 1. The van der Waals surface area contributed by atoms with Crippen LogP contribution in [0.3, 0.4) is 0 Å². The average Bonchev–Trinajstić information content (AvgIpc) is 2.73. The Morgan fingerprint density at radius 2 is 1.74 bits per heavy atom. The summed E-state index contributed by atoms with van der Waals surface area (Å²) in [4.78, 5) is 26.1. The number of β-amino-alcohol motifs (C(OH)–C–C–N with tert-alkyl or cyclic N) is 1. The van der Waals surface area contributed by atoms with Crippen molar-refractivity contribution >= 4 is 23.5 Å². The number of nitrogens with one attached hydrogen (secondary N) is 1. The zero-order valence-electron chi connectivity index (χ0n) is 13.5. The van der Waals surface area contributed by atoms with Crippen LogP contribution in [-0.4, -0.2) is 34.0 Å². The van der Waals surface area contributed by atoms with Crippen molar-refractivity contribution in [3.8, 4) is 0 Å². The van der Waals surface area contributed by atoms with Gasteiger partial charge in [-0.3, -0.25) is 9.69 Å². The molecule has 1 heterocycles. The second kappa shape index (κ2) is 7.32. The number of nitrogens with zero attached hydrogens (tertiary/aromatic N) is 1. The maximum atomic E-state index is 12.7. The minimum absolute atomic E-state index is 0.0541. The van der Waals surface area contributed by atoms with Crippen LogP contribution >= 0.6 is 11.6 Å². The van der Waals surface area contributed by atoms with E-state index in [2.05, 4.69) is 5.32 Å². The van der Waals surface area contributed by atoms with Crippen molar-refractivity contribution in [3.63, 3.8) is 0 Å². The van der Waals surface area contributed by atoms with Gasteiger partial charge in [0.25, 0.3) is 5.91 Å². The van der Waals surface area contributed by atoms with E-state index >= 15 is 0 Å². The van der Waals surface area contributed by atoms with Gasteiger partial charge >= 0.3 is 6.03 Å². The molecule has 0 radical (unpaired) electrons. The lowest BCUT2D eigenvalue weighted by Gasteiger charge is -2.26. The zero-order chi connectivity index (χ0) is 17.0. The second-order valence-electron chi connectivity index (χ2n) is 6.00. The maximum Gasteiger partial charge on any atom is 0.325 e. The van der Waals surface area contributed by atoms with E-state index in [1.54, 1.807) is 24.3 Å². The molecule has 0 bridgehead atoms. The molecule has 23 heavy (non-hydrogen) atoms. The Morgan fingerprint density at radius 3 is 2.26 bits per heavy atom. The summed E-state index contributed by atoms with van der Waals surface area (Å²) in [7, 11) is 0. The Balaban J connectivity index is 2.14. The van der Waals surface area contributed by atoms with Gasteiger partial charge < -0.3 is 10.4 Å². The molecule has 1 fully saturated rings. The van der Waals surface area contributed by atoms with Crippen molar-refractivity contribution in [1.82, 2.24) is 10.2 Å². The normalized spacial score (nSPS) is 18.2. The lowest BCUT2D eigenvalue weighted by molar-refractivity contribution is -0.132. The molecule has 6 heteroatoms. The van der Waals surface area contributed by atoms with Crippen molar-refractivity contribution in [2.45, 2.75) is 51.2 Å². The first kappa shape index (κ1) is 17.8. The Morgan fingerprint density at radius 1 is 1.17 bits per heavy atom. The molecule has 1 aliphatic heterocycles. The summed E-state index contributed by atoms with van der Waals surface area (Å²) in [6, 6.07) is 6.30. The summed E-state index contributed by atoms with van der Waals surface area (Å²) in [5.74, 6) is -0.237. The highest BCUT2D eigenvalue weighted by Crippen LogP contribution is 2.29. The van der Waals surface area contributed by atoms with Gasteiger partial charge in [-0.15, -0.1) is 0 Å². The largest absolute Gasteiger partial charge is 0.387 e. The molecule has 1 aromatic rings. The molecule has 0 aromatic heterocycles. The number of urea groups is 1. The fourth-order valence-electron chi connectivity index (χ4n) is 3.12. The van der Waals surface area contributed by atoms with Gasteiger partial charge in [0.1, 0.15) is 5.54 Å². The van der Waals surface area contributed by atoms with E-state index in [-0.39, 0.29) is 12.5 Å². The third-order valence-corrected chi connectivity index (χ3v) is 4.46. The van der Waals surface area contributed by atoms with Crippen LogP contribution < -0.4 is 5.32 Å². The quantitative estimate of drug-likeness (QED) is 0.750. The highest BCUT2D eigenvalue weighted by Gasteiger charge is 2.50. The van der Waals surface area contributed by atoms with Crippen molar-refractivity contribution in [1.29, 1.82) is 0 Å². The number of carbonyl (C=O) groups is 2. The topological polar surface area (TPSA) is 69.6 Å². The van der Waals surface area contributed by atoms with Gasteiger partial charge in [-0.25, -0.2) is 4.79 Å². The summed E-state index contributed by atoms with van der Waals surface area (Å²) < 4.78 is 0. The molecule has 2 rings (SSSR count). The minimum Gasteiger partial charge on any atom is -0.387 e. The van der Waals surface area contributed by atoms with E-state index in [1.165, 1.54) is 0 Å². The van der Waals surface area contributed by atoms with Crippen molar-refractivity contribution in [3.05, 3.63) is 34.9 Å². The Kier molecular flexibility index (Phi) is 5.65. The van der Waals surface area contributed by atoms with Gasteiger partial charge in [-0.2, -0.15) is 0 Å². The van der Waals surface area contributed by atoms with Crippen LogP contribution in [0.4, 0.5) is 4.79 Å². The first-order chi connectivity index (χ1) is 10.9. The Labute approximate surface area is 141 Å². The van der Waals surface area contributed by atoms with Gasteiger partial charge in [-0.1, -0.05) is 50.4 Å². The molecule has 1 aromatic carbocycles. The smallest absolute Gasteiger partial charge is 0.325 e. The molecule has 0 unspecified atom stereocenters. The van der Waals surface area contributed by atoms with Gasteiger partial charge in [-0.05, 0) is 30.5 Å². The third-order valence-electron chi connectivity index (χ3n) is 4.21. The van der Waals surface area contributed by atoms with Crippen LogP contribution in [-0.2, 0) is 4.79 Å². The van der Waals surface area contributed by atoms with Crippen molar-refractivity contribution in [2.24, 2.45) is 0 Å². The van der Waals surface area contributed by atoms with E-state index in [0.717, 1.165) is 17.7 Å². The summed E-state index contributed by atoms with van der Waals surface area (Å²) in [5, 5.41) is 13.7. The first-order valence-electron chi connectivity index (χ1n) is 8.01. The molecule has 3 amide bonds. The lowest BCUT2D eigenvalue weighted by atomic mass is 9.88. The van der Waals surface area contributed by atoms with Crippen LogP contribution in [0.15, 0.2) is 24.3 Å². The van der Waals surface area contributed by atoms with Gasteiger partial charge in [0.15, 0.2) is 0 Å². The molecule has 0 saturated carbocycles. The summed E-state index contributed by atoms with van der Waals surface area (Å²) >= 11 is 5.83. The van der Waals surface area contributed by atoms with Gasteiger partial charge in [0, 0.05) is 5.02 Å². The molecule has 0 spiro atoms. The van der Waals surface area contributed by atoms with Crippen LogP contribution in [0.1, 0.15) is 51.2 Å². The van der Waals surface area contributed by atoms with Crippen molar-refractivity contribution in [2.75, 3.05) is 6.54 Å². The molecule has 5 nitrogen and oxygen atoms in total. The number of hydrogen-bond acceptors (Lipinski definition) is 3. The molecule has 2 N–H and O–H groups in total. The van der Waals surface area contributed by atoms with Gasteiger partial charge in [0.05, 0.1) is 12.6 Å². The first-order valence-corrected chi connectivity index (χ1v) is 8.39. The highest BCUT2D eigenvalue weighted by atomic mass is 35.5. The Hall–Kier alpha value is -1.59. The number of benzene rings is 1. The number of amides is 3. The van der Waals surface area contributed by atoms with E-state index in [1.807, 2.05) is 13.8 Å². The molecule has 1 saturated heterocycles.